The summed E-state index contributed by atoms with van der Waals surface area (Å²) in [6.45, 7) is 6.04. The fourth-order valence-electron chi connectivity index (χ4n) is 2.03. The molecule has 1 aromatic heterocycles. The van der Waals surface area contributed by atoms with Gasteiger partial charge in [-0.05, 0) is 25.5 Å². The molecule has 2 rings (SSSR count). The fourth-order valence-corrected chi connectivity index (χ4v) is 2.03. The Morgan fingerprint density at radius 3 is 2.67 bits per heavy atom. The summed E-state index contributed by atoms with van der Waals surface area (Å²) in [6.07, 6.45) is 1.10. The van der Waals surface area contributed by atoms with E-state index in [4.69, 9.17) is 0 Å². The average molecular weight is 244 g/mol. The van der Waals surface area contributed by atoms with Gasteiger partial charge in [0.15, 0.2) is 0 Å². The lowest BCUT2D eigenvalue weighted by Crippen LogP contribution is -2.20. The second-order valence-corrected chi connectivity index (χ2v) is 4.34. The van der Waals surface area contributed by atoms with Gasteiger partial charge in [-0.15, -0.1) is 0 Å². The molecule has 1 N–H and O–H groups in total. The van der Waals surface area contributed by atoms with Crippen molar-refractivity contribution in [3.05, 3.63) is 24.3 Å². The summed E-state index contributed by atoms with van der Waals surface area (Å²) in [5.41, 5.74) is 0.987. The second-order valence-electron chi connectivity index (χ2n) is 4.34. The monoisotopic (exact) mass is 244 g/mol. The van der Waals surface area contributed by atoms with Gasteiger partial charge in [0.2, 0.25) is 5.95 Å². The molecule has 0 amide bonds. The van der Waals surface area contributed by atoms with Crippen LogP contribution in [-0.4, -0.2) is 30.1 Å². The van der Waals surface area contributed by atoms with Crippen LogP contribution in [0.25, 0.3) is 10.9 Å². The Morgan fingerprint density at radius 1 is 1.17 bits per heavy atom. The van der Waals surface area contributed by atoms with Crippen LogP contribution < -0.4 is 10.2 Å². The number of nitrogens with zero attached hydrogens (tertiary/aromatic N) is 3. The van der Waals surface area contributed by atoms with Gasteiger partial charge in [-0.2, -0.15) is 4.98 Å². The summed E-state index contributed by atoms with van der Waals surface area (Å²) >= 11 is 0. The fraction of sp³-hybridized carbons (Fsp3) is 0.429. The number of nitrogens with one attached hydrogen (secondary N) is 1. The van der Waals surface area contributed by atoms with Crippen LogP contribution in [-0.2, 0) is 0 Å². The minimum absolute atomic E-state index is 0.703. The lowest BCUT2D eigenvalue weighted by atomic mass is 10.2. The normalized spacial score (nSPS) is 10.6. The minimum atomic E-state index is 0.703. The van der Waals surface area contributed by atoms with E-state index in [1.54, 1.807) is 0 Å². The highest BCUT2D eigenvalue weighted by Crippen LogP contribution is 2.24. The van der Waals surface area contributed by atoms with Crippen molar-refractivity contribution in [3.63, 3.8) is 0 Å². The molecule has 96 valence electrons. The zero-order chi connectivity index (χ0) is 13.0. The van der Waals surface area contributed by atoms with Gasteiger partial charge in [0, 0.05) is 25.5 Å². The third kappa shape index (κ3) is 2.53. The van der Waals surface area contributed by atoms with Crippen LogP contribution in [0.3, 0.4) is 0 Å². The highest BCUT2D eigenvalue weighted by molar-refractivity contribution is 5.90. The number of aromatic nitrogens is 2. The molecule has 0 fully saturated rings. The molecule has 0 aliphatic carbocycles. The molecule has 0 spiro atoms. The van der Waals surface area contributed by atoms with Gasteiger partial charge in [-0.3, -0.25) is 0 Å². The van der Waals surface area contributed by atoms with Crippen LogP contribution in [0.2, 0.25) is 0 Å². The van der Waals surface area contributed by atoms with Crippen LogP contribution in [0.15, 0.2) is 24.3 Å². The Morgan fingerprint density at radius 2 is 1.94 bits per heavy atom. The summed E-state index contributed by atoms with van der Waals surface area (Å²) in [6, 6.07) is 8.14. The summed E-state index contributed by atoms with van der Waals surface area (Å²) < 4.78 is 0. The lowest BCUT2D eigenvalue weighted by molar-refractivity contribution is 0.840. The molecular formula is C14H20N4. The molecule has 18 heavy (non-hydrogen) atoms. The molecule has 4 heteroatoms. The quantitative estimate of drug-likeness (QED) is 0.878. The van der Waals surface area contributed by atoms with Crippen molar-refractivity contribution in [2.45, 2.75) is 20.3 Å². The number of para-hydroxylation sites is 1. The number of fused-ring (bicyclic) bond motifs is 1. The molecule has 0 aliphatic heterocycles. The maximum Gasteiger partial charge on any atom is 0.225 e. The predicted octanol–water partition coefficient (Wildman–Crippen LogP) is 2.91. The average Bonchev–Trinajstić information content (AvgIpc) is 2.38. The zero-order valence-electron chi connectivity index (χ0n) is 11.3. The second kappa shape index (κ2) is 5.67. The number of rotatable bonds is 5. The Balaban J connectivity index is 2.53. The topological polar surface area (TPSA) is 41.1 Å². The van der Waals surface area contributed by atoms with E-state index in [-0.39, 0.29) is 0 Å². The van der Waals surface area contributed by atoms with Crippen molar-refractivity contribution in [3.8, 4) is 0 Å². The third-order valence-electron chi connectivity index (χ3n) is 2.84. The van der Waals surface area contributed by atoms with Crippen LogP contribution in [0.4, 0.5) is 11.8 Å². The summed E-state index contributed by atoms with van der Waals surface area (Å²) in [7, 11) is 2.08. The smallest absolute Gasteiger partial charge is 0.225 e. The number of hydrogen-bond acceptors (Lipinski definition) is 4. The molecule has 0 aliphatic rings. The van der Waals surface area contributed by atoms with Crippen molar-refractivity contribution < 1.29 is 0 Å². The zero-order valence-corrected chi connectivity index (χ0v) is 11.3. The van der Waals surface area contributed by atoms with Crippen molar-refractivity contribution in [1.29, 1.82) is 0 Å². The van der Waals surface area contributed by atoms with E-state index in [2.05, 4.69) is 40.2 Å². The summed E-state index contributed by atoms with van der Waals surface area (Å²) in [4.78, 5) is 11.3. The van der Waals surface area contributed by atoms with Gasteiger partial charge < -0.3 is 10.2 Å². The maximum atomic E-state index is 4.61. The SMILES string of the molecule is CCCN(C)c1nc(NCC)nc2ccccc12. The third-order valence-corrected chi connectivity index (χ3v) is 2.84. The first-order valence-corrected chi connectivity index (χ1v) is 6.48. The molecule has 1 aromatic carbocycles. The molecule has 2 aromatic rings. The van der Waals surface area contributed by atoms with E-state index in [9.17, 15) is 0 Å². The van der Waals surface area contributed by atoms with Crippen LogP contribution in [0, 0.1) is 0 Å². The number of hydrogen-bond donors (Lipinski definition) is 1. The van der Waals surface area contributed by atoms with Gasteiger partial charge in [-0.1, -0.05) is 19.1 Å². The van der Waals surface area contributed by atoms with Crippen molar-refractivity contribution in [2.24, 2.45) is 0 Å². The van der Waals surface area contributed by atoms with E-state index in [1.807, 2.05) is 25.1 Å². The first-order chi connectivity index (χ1) is 8.76. The Kier molecular flexibility index (Phi) is 3.97. The molecule has 0 radical (unpaired) electrons. The number of benzene rings is 1. The maximum absolute atomic E-state index is 4.61. The first kappa shape index (κ1) is 12.6. The van der Waals surface area contributed by atoms with E-state index < -0.39 is 0 Å². The summed E-state index contributed by atoms with van der Waals surface area (Å²) in [5.74, 6) is 1.70. The van der Waals surface area contributed by atoms with E-state index in [1.165, 1.54) is 0 Å². The molecule has 0 unspecified atom stereocenters. The first-order valence-electron chi connectivity index (χ1n) is 6.48. The Labute approximate surface area is 108 Å². The summed E-state index contributed by atoms with van der Waals surface area (Å²) in [5, 5.41) is 4.29. The minimum Gasteiger partial charge on any atom is -0.359 e. The number of anilines is 2. The van der Waals surface area contributed by atoms with Crippen molar-refractivity contribution in [2.75, 3.05) is 30.4 Å². The van der Waals surface area contributed by atoms with Crippen molar-refractivity contribution >= 4 is 22.7 Å². The van der Waals surface area contributed by atoms with Gasteiger partial charge in [0.1, 0.15) is 5.82 Å². The lowest BCUT2D eigenvalue weighted by Gasteiger charge is -2.19. The van der Waals surface area contributed by atoms with Gasteiger partial charge in [-0.25, -0.2) is 4.98 Å². The van der Waals surface area contributed by atoms with E-state index in [0.717, 1.165) is 36.2 Å². The molecule has 0 atom stereocenters. The highest BCUT2D eigenvalue weighted by Gasteiger charge is 2.10. The van der Waals surface area contributed by atoms with Gasteiger partial charge >= 0.3 is 0 Å². The molecular weight excluding hydrogens is 224 g/mol. The standard InChI is InChI=1S/C14H20N4/c1-4-10-18(3)13-11-8-6-7-9-12(11)16-14(17-13)15-5-2/h6-9H,4-5,10H2,1-3H3,(H,15,16,17). The molecule has 4 nitrogen and oxygen atoms in total. The Hall–Kier alpha value is -1.84. The molecule has 0 saturated carbocycles. The van der Waals surface area contributed by atoms with Crippen LogP contribution in [0.1, 0.15) is 20.3 Å². The molecule has 0 bridgehead atoms. The Bertz CT molecular complexity index is 524. The van der Waals surface area contributed by atoms with Crippen LogP contribution in [0.5, 0.6) is 0 Å². The van der Waals surface area contributed by atoms with Crippen molar-refractivity contribution in [1.82, 2.24) is 9.97 Å². The van der Waals surface area contributed by atoms with Gasteiger partial charge in [0.05, 0.1) is 5.52 Å². The van der Waals surface area contributed by atoms with Gasteiger partial charge in [0.25, 0.3) is 0 Å². The van der Waals surface area contributed by atoms with E-state index >= 15 is 0 Å². The van der Waals surface area contributed by atoms with E-state index in [0.29, 0.717) is 5.95 Å². The molecule has 1 heterocycles. The highest BCUT2D eigenvalue weighted by atomic mass is 15.2. The van der Waals surface area contributed by atoms with Crippen LogP contribution >= 0.6 is 0 Å². The predicted molar refractivity (Wildman–Crippen MR) is 77.3 cm³/mol. The molecule has 0 saturated heterocycles. The largest absolute Gasteiger partial charge is 0.359 e.